The van der Waals surface area contributed by atoms with Crippen molar-refractivity contribution in [3.8, 4) is 11.3 Å². The van der Waals surface area contributed by atoms with Crippen molar-refractivity contribution in [1.82, 2.24) is 38.9 Å². The molecule has 5 aromatic heterocycles. The molecule has 0 amide bonds. The summed E-state index contributed by atoms with van der Waals surface area (Å²) in [5.74, 6) is 0. The van der Waals surface area contributed by atoms with Crippen LogP contribution in [0.25, 0.3) is 28.2 Å². The molecule has 0 saturated heterocycles. The Labute approximate surface area is 148 Å². The summed E-state index contributed by atoms with van der Waals surface area (Å²) in [6.45, 7) is 2.07. The van der Waals surface area contributed by atoms with Crippen molar-refractivity contribution in [3.63, 3.8) is 0 Å². The SMILES string of the molecule is C[C@@H](c1ccc2nccn2c1)n1nnc2ncc(-c3ccn(C)c3)nc21. The zero-order valence-electron chi connectivity index (χ0n) is 14.4. The predicted octanol–water partition coefficient (Wildman–Crippen LogP) is 2.48. The molecular weight excluding hydrogens is 328 g/mol. The smallest absolute Gasteiger partial charge is 0.221 e. The average Bonchev–Trinajstić information content (AvgIpc) is 3.38. The first-order valence-electron chi connectivity index (χ1n) is 8.32. The Morgan fingerprint density at radius 1 is 1.04 bits per heavy atom. The number of nitrogens with zero attached hydrogens (tertiary/aromatic N) is 8. The van der Waals surface area contributed by atoms with Crippen LogP contribution in [0.1, 0.15) is 18.5 Å². The van der Waals surface area contributed by atoms with E-state index in [0.29, 0.717) is 11.3 Å². The van der Waals surface area contributed by atoms with Gasteiger partial charge in [-0.25, -0.2) is 19.6 Å². The van der Waals surface area contributed by atoms with Gasteiger partial charge in [0, 0.05) is 43.6 Å². The number of fused-ring (bicyclic) bond motifs is 2. The summed E-state index contributed by atoms with van der Waals surface area (Å²) in [5.41, 5.74) is 5.04. The van der Waals surface area contributed by atoms with Crippen LogP contribution in [0.3, 0.4) is 0 Å². The molecule has 0 saturated carbocycles. The largest absolute Gasteiger partial charge is 0.357 e. The van der Waals surface area contributed by atoms with Crippen molar-refractivity contribution in [2.24, 2.45) is 7.05 Å². The molecule has 26 heavy (non-hydrogen) atoms. The maximum Gasteiger partial charge on any atom is 0.221 e. The zero-order valence-corrected chi connectivity index (χ0v) is 14.4. The van der Waals surface area contributed by atoms with Crippen molar-refractivity contribution in [2.75, 3.05) is 0 Å². The molecule has 8 nitrogen and oxygen atoms in total. The first-order chi connectivity index (χ1) is 12.7. The van der Waals surface area contributed by atoms with E-state index in [-0.39, 0.29) is 6.04 Å². The second-order valence-electron chi connectivity index (χ2n) is 6.33. The summed E-state index contributed by atoms with van der Waals surface area (Å²) in [5, 5.41) is 8.46. The van der Waals surface area contributed by atoms with E-state index in [0.717, 1.165) is 22.5 Å². The fourth-order valence-corrected chi connectivity index (χ4v) is 3.11. The molecular formula is C18H16N8. The number of hydrogen-bond donors (Lipinski definition) is 0. The van der Waals surface area contributed by atoms with Gasteiger partial charge in [-0.05, 0) is 24.6 Å². The van der Waals surface area contributed by atoms with E-state index in [9.17, 15) is 0 Å². The molecule has 0 radical (unpaired) electrons. The summed E-state index contributed by atoms with van der Waals surface area (Å²) >= 11 is 0. The van der Waals surface area contributed by atoms with Gasteiger partial charge in [0.1, 0.15) is 5.65 Å². The minimum Gasteiger partial charge on any atom is -0.357 e. The molecule has 0 spiro atoms. The minimum atomic E-state index is -0.0351. The fraction of sp³-hybridized carbons (Fsp3) is 0.167. The van der Waals surface area contributed by atoms with Gasteiger partial charge in [-0.3, -0.25) is 0 Å². The van der Waals surface area contributed by atoms with Crippen LogP contribution < -0.4 is 0 Å². The van der Waals surface area contributed by atoms with Crippen LogP contribution in [0.2, 0.25) is 0 Å². The molecule has 1 atom stereocenters. The van der Waals surface area contributed by atoms with Crippen LogP contribution >= 0.6 is 0 Å². The summed E-state index contributed by atoms with van der Waals surface area (Å²) in [4.78, 5) is 13.5. The van der Waals surface area contributed by atoms with Crippen LogP contribution in [-0.4, -0.2) is 38.9 Å². The van der Waals surface area contributed by atoms with Gasteiger partial charge in [-0.1, -0.05) is 11.3 Å². The molecule has 0 aliphatic rings. The van der Waals surface area contributed by atoms with E-state index in [1.807, 2.05) is 51.4 Å². The monoisotopic (exact) mass is 344 g/mol. The lowest BCUT2D eigenvalue weighted by molar-refractivity contribution is 0.554. The van der Waals surface area contributed by atoms with Crippen molar-refractivity contribution in [1.29, 1.82) is 0 Å². The highest BCUT2D eigenvalue weighted by molar-refractivity contribution is 5.70. The Morgan fingerprint density at radius 3 is 2.81 bits per heavy atom. The van der Waals surface area contributed by atoms with E-state index in [4.69, 9.17) is 4.98 Å². The summed E-state index contributed by atoms with van der Waals surface area (Å²) < 4.78 is 5.79. The van der Waals surface area contributed by atoms with Gasteiger partial charge in [-0.15, -0.1) is 5.10 Å². The van der Waals surface area contributed by atoms with Gasteiger partial charge in [0.15, 0.2) is 5.65 Å². The number of rotatable bonds is 3. The zero-order chi connectivity index (χ0) is 17.7. The Hall–Kier alpha value is -3.55. The highest BCUT2D eigenvalue weighted by Crippen LogP contribution is 2.23. The van der Waals surface area contributed by atoms with Gasteiger partial charge in [0.2, 0.25) is 5.65 Å². The van der Waals surface area contributed by atoms with Crippen LogP contribution in [0.5, 0.6) is 0 Å². The molecule has 5 aromatic rings. The molecule has 0 aromatic carbocycles. The van der Waals surface area contributed by atoms with Gasteiger partial charge in [0.25, 0.3) is 0 Å². The highest BCUT2D eigenvalue weighted by atomic mass is 15.5. The lowest BCUT2D eigenvalue weighted by Gasteiger charge is -2.13. The van der Waals surface area contributed by atoms with Gasteiger partial charge in [0.05, 0.1) is 17.9 Å². The Kier molecular flexibility index (Phi) is 3.11. The number of aromatic nitrogens is 8. The van der Waals surface area contributed by atoms with Crippen molar-refractivity contribution < 1.29 is 0 Å². The van der Waals surface area contributed by atoms with Crippen LogP contribution in [-0.2, 0) is 7.05 Å². The van der Waals surface area contributed by atoms with Gasteiger partial charge >= 0.3 is 0 Å². The molecule has 5 heterocycles. The number of hydrogen-bond acceptors (Lipinski definition) is 5. The van der Waals surface area contributed by atoms with Crippen molar-refractivity contribution >= 4 is 16.9 Å². The van der Waals surface area contributed by atoms with Crippen molar-refractivity contribution in [3.05, 3.63) is 60.9 Å². The van der Waals surface area contributed by atoms with Crippen LogP contribution in [0, 0.1) is 0 Å². The Bertz CT molecular complexity index is 1230. The standard InChI is InChI=1S/C18H16N8/c1-12(13-3-4-16-19-6-8-25(16)11-13)26-18-17(22-23-26)20-9-15(21-18)14-5-7-24(2)10-14/h3-12H,1-2H3/t12-/m0/s1. The van der Waals surface area contributed by atoms with Gasteiger partial charge < -0.3 is 8.97 Å². The van der Waals surface area contributed by atoms with Gasteiger partial charge in [-0.2, -0.15) is 0 Å². The number of imidazole rings is 1. The minimum absolute atomic E-state index is 0.0351. The molecule has 8 heteroatoms. The Morgan fingerprint density at radius 2 is 1.96 bits per heavy atom. The Balaban J connectivity index is 1.61. The molecule has 0 aliphatic carbocycles. The van der Waals surface area contributed by atoms with Crippen LogP contribution in [0.15, 0.2) is 55.4 Å². The second-order valence-corrected chi connectivity index (χ2v) is 6.33. The van der Waals surface area contributed by atoms with E-state index < -0.39 is 0 Å². The molecule has 0 bridgehead atoms. The molecule has 0 N–H and O–H groups in total. The lowest BCUT2D eigenvalue weighted by atomic mass is 10.1. The number of pyridine rings is 1. The van der Waals surface area contributed by atoms with Crippen LogP contribution in [0.4, 0.5) is 0 Å². The normalized spacial score (nSPS) is 12.8. The summed E-state index contributed by atoms with van der Waals surface area (Å²) in [6, 6.07) is 6.02. The molecule has 0 aliphatic heterocycles. The first kappa shape index (κ1) is 14.8. The summed E-state index contributed by atoms with van der Waals surface area (Å²) in [6.07, 6.45) is 11.5. The molecule has 0 fully saturated rings. The maximum atomic E-state index is 4.76. The first-order valence-corrected chi connectivity index (χ1v) is 8.32. The predicted molar refractivity (Wildman–Crippen MR) is 96.5 cm³/mol. The third kappa shape index (κ3) is 2.26. The topological polar surface area (TPSA) is 78.7 Å². The molecule has 0 unspecified atom stereocenters. The van der Waals surface area contributed by atoms with E-state index in [1.54, 1.807) is 12.4 Å². The number of aryl methyl sites for hydroxylation is 1. The van der Waals surface area contributed by atoms with E-state index in [2.05, 4.69) is 39.5 Å². The fourth-order valence-electron chi connectivity index (χ4n) is 3.11. The second kappa shape index (κ2) is 5.48. The lowest BCUT2D eigenvalue weighted by Crippen LogP contribution is -2.10. The maximum absolute atomic E-state index is 4.76. The summed E-state index contributed by atoms with van der Waals surface area (Å²) in [7, 11) is 1.98. The van der Waals surface area contributed by atoms with E-state index in [1.165, 1.54) is 0 Å². The quantitative estimate of drug-likeness (QED) is 0.502. The average molecular weight is 344 g/mol. The van der Waals surface area contributed by atoms with E-state index >= 15 is 0 Å². The third-order valence-corrected chi connectivity index (χ3v) is 4.58. The van der Waals surface area contributed by atoms with Crippen molar-refractivity contribution in [2.45, 2.75) is 13.0 Å². The molecule has 5 rings (SSSR count). The third-order valence-electron chi connectivity index (χ3n) is 4.58. The highest BCUT2D eigenvalue weighted by Gasteiger charge is 2.17. The molecule has 128 valence electrons.